The number of piperidine rings is 1. The number of aromatic nitrogens is 1. The van der Waals surface area contributed by atoms with Gasteiger partial charge in [-0.2, -0.15) is 0 Å². The van der Waals surface area contributed by atoms with Gasteiger partial charge in [-0.3, -0.25) is 0 Å². The topological polar surface area (TPSA) is 71.5 Å². The highest BCUT2D eigenvalue weighted by Crippen LogP contribution is 2.26. The van der Waals surface area contributed by atoms with Crippen molar-refractivity contribution in [1.82, 2.24) is 9.71 Å². The molecule has 1 N–H and O–H groups in total. The molecule has 0 atom stereocenters. The van der Waals surface area contributed by atoms with Gasteiger partial charge in [-0.1, -0.05) is 0 Å². The van der Waals surface area contributed by atoms with Crippen molar-refractivity contribution < 1.29 is 13.2 Å². The Balaban J connectivity index is 1.75. The molecule has 0 saturated carbocycles. The summed E-state index contributed by atoms with van der Waals surface area (Å²) in [5.41, 5.74) is 2.35. The normalized spacial score (nSPS) is 15.0. The van der Waals surface area contributed by atoms with Crippen molar-refractivity contribution in [3.8, 4) is 5.75 Å². The molecule has 0 radical (unpaired) electrons. The number of rotatable bonds is 6. The Morgan fingerprint density at radius 2 is 1.85 bits per heavy atom. The summed E-state index contributed by atoms with van der Waals surface area (Å²) in [5, 5.41) is 0. The van der Waals surface area contributed by atoms with Gasteiger partial charge in [0.05, 0.1) is 12.0 Å². The van der Waals surface area contributed by atoms with Crippen molar-refractivity contribution >= 4 is 15.8 Å². The van der Waals surface area contributed by atoms with Gasteiger partial charge in [0.25, 0.3) is 0 Å². The van der Waals surface area contributed by atoms with Gasteiger partial charge in [0, 0.05) is 25.8 Å². The zero-order valence-electron chi connectivity index (χ0n) is 16.2. The van der Waals surface area contributed by atoms with Crippen molar-refractivity contribution in [2.75, 3.05) is 25.1 Å². The van der Waals surface area contributed by atoms with E-state index in [1.165, 1.54) is 19.3 Å². The van der Waals surface area contributed by atoms with Crippen molar-refractivity contribution in [2.24, 2.45) is 0 Å². The molecule has 6 nitrogen and oxygen atoms in total. The molecular weight excluding hydrogens is 362 g/mol. The fourth-order valence-electron chi connectivity index (χ4n) is 3.40. The van der Waals surface area contributed by atoms with Gasteiger partial charge in [0.2, 0.25) is 10.0 Å². The molecule has 146 valence electrons. The zero-order chi connectivity index (χ0) is 19.4. The number of nitrogens with one attached hydrogen (secondary N) is 1. The standard InChI is InChI=1S/C20H27N3O3S/c1-15-12-19(16(2)11-18(15)26-3)27(24,25)22-14-17-7-8-21-20(13-17)23-9-5-4-6-10-23/h7-8,11-13,22H,4-6,9-10,14H2,1-3H3. The third-order valence-electron chi connectivity index (χ3n) is 4.94. The van der Waals surface area contributed by atoms with Crippen LogP contribution in [0, 0.1) is 13.8 Å². The average Bonchev–Trinajstić information content (AvgIpc) is 2.68. The van der Waals surface area contributed by atoms with Crippen LogP contribution in [0.3, 0.4) is 0 Å². The Morgan fingerprint density at radius 3 is 2.56 bits per heavy atom. The first-order valence-electron chi connectivity index (χ1n) is 9.25. The van der Waals surface area contributed by atoms with E-state index in [9.17, 15) is 8.42 Å². The minimum Gasteiger partial charge on any atom is -0.496 e. The highest BCUT2D eigenvalue weighted by molar-refractivity contribution is 7.89. The first-order chi connectivity index (χ1) is 12.9. The number of hydrogen-bond donors (Lipinski definition) is 1. The number of nitrogens with zero attached hydrogens (tertiary/aromatic N) is 2. The summed E-state index contributed by atoms with van der Waals surface area (Å²) in [5.74, 6) is 1.61. The first kappa shape index (κ1) is 19.6. The summed E-state index contributed by atoms with van der Waals surface area (Å²) in [7, 11) is -2.03. The molecule has 3 rings (SSSR count). The minimum atomic E-state index is -3.61. The molecule has 2 aromatic rings. The van der Waals surface area contributed by atoms with Gasteiger partial charge in [0.15, 0.2) is 0 Å². The molecule has 1 saturated heterocycles. The second-order valence-corrected chi connectivity index (χ2v) is 8.72. The zero-order valence-corrected chi connectivity index (χ0v) is 17.0. The fraction of sp³-hybridized carbons (Fsp3) is 0.450. The molecule has 0 amide bonds. The summed E-state index contributed by atoms with van der Waals surface area (Å²) < 4.78 is 33.6. The van der Waals surface area contributed by atoms with E-state index in [0.717, 1.165) is 30.0 Å². The van der Waals surface area contributed by atoms with E-state index in [2.05, 4.69) is 14.6 Å². The number of sulfonamides is 1. The van der Waals surface area contributed by atoms with Crippen LogP contribution in [0.1, 0.15) is 36.0 Å². The number of aryl methyl sites for hydroxylation is 2. The van der Waals surface area contributed by atoms with Crippen LogP contribution in [-0.2, 0) is 16.6 Å². The number of ether oxygens (including phenoxy) is 1. The largest absolute Gasteiger partial charge is 0.496 e. The van der Waals surface area contributed by atoms with Crippen molar-refractivity contribution in [2.45, 2.75) is 44.6 Å². The number of pyridine rings is 1. The van der Waals surface area contributed by atoms with Gasteiger partial charge in [-0.05, 0) is 74.1 Å². The second kappa shape index (κ2) is 8.27. The van der Waals surface area contributed by atoms with E-state index >= 15 is 0 Å². The highest BCUT2D eigenvalue weighted by Gasteiger charge is 2.19. The Kier molecular flexibility index (Phi) is 6.01. The van der Waals surface area contributed by atoms with E-state index in [1.54, 1.807) is 32.4 Å². The van der Waals surface area contributed by atoms with Crippen LogP contribution in [0.5, 0.6) is 5.75 Å². The van der Waals surface area contributed by atoms with E-state index in [1.807, 2.05) is 19.1 Å². The van der Waals surface area contributed by atoms with Gasteiger partial charge < -0.3 is 9.64 Å². The lowest BCUT2D eigenvalue weighted by molar-refractivity contribution is 0.411. The molecule has 0 bridgehead atoms. The SMILES string of the molecule is COc1cc(C)c(S(=O)(=O)NCc2ccnc(N3CCCCC3)c2)cc1C. The Hall–Kier alpha value is -2.12. The molecule has 2 heterocycles. The molecule has 1 aliphatic heterocycles. The van der Waals surface area contributed by atoms with Crippen LogP contribution >= 0.6 is 0 Å². The number of anilines is 1. The fourth-order valence-corrected chi connectivity index (χ4v) is 4.72. The summed E-state index contributed by atoms with van der Waals surface area (Å²) in [6, 6.07) is 7.23. The summed E-state index contributed by atoms with van der Waals surface area (Å²) >= 11 is 0. The molecule has 1 fully saturated rings. The smallest absolute Gasteiger partial charge is 0.241 e. The maximum absolute atomic E-state index is 12.8. The highest BCUT2D eigenvalue weighted by atomic mass is 32.2. The van der Waals surface area contributed by atoms with Crippen molar-refractivity contribution in [3.63, 3.8) is 0 Å². The molecule has 1 aliphatic rings. The lowest BCUT2D eigenvalue weighted by Crippen LogP contribution is -2.30. The van der Waals surface area contributed by atoms with Crippen molar-refractivity contribution in [3.05, 3.63) is 47.2 Å². The number of hydrogen-bond acceptors (Lipinski definition) is 5. The minimum absolute atomic E-state index is 0.232. The summed E-state index contributed by atoms with van der Waals surface area (Å²) in [6.45, 7) is 5.86. The maximum atomic E-state index is 12.8. The molecule has 0 aliphatic carbocycles. The van der Waals surface area contributed by atoms with Crippen LogP contribution in [0.25, 0.3) is 0 Å². The lowest BCUT2D eigenvalue weighted by atomic mass is 10.1. The van der Waals surface area contributed by atoms with E-state index in [-0.39, 0.29) is 11.4 Å². The van der Waals surface area contributed by atoms with Crippen molar-refractivity contribution in [1.29, 1.82) is 0 Å². The third-order valence-corrected chi connectivity index (χ3v) is 6.48. The number of benzene rings is 1. The second-order valence-electron chi connectivity index (χ2n) is 6.98. The van der Waals surface area contributed by atoms with Crippen LogP contribution < -0.4 is 14.4 Å². The third kappa shape index (κ3) is 4.59. The van der Waals surface area contributed by atoms with Crippen LogP contribution in [0.2, 0.25) is 0 Å². The van der Waals surface area contributed by atoms with Crippen LogP contribution in [0.15, 0.2) is 35.4 Å². The Morgan fingerprint density at radius 1 is 1.11 bits per heavy atom. The van der Waals surface area contributed by atoms with E-state index < -0.39 is 10.0 Å². The molecule has 0 unspecified atom stereocenters. The molecule has 27 heavy (non-hydrogen) atoms. The van der Waals surface area contributed by atoms with Gasteiger partial charge in [0.1, 0.15) is 11.6 Å². The molecule has 0 spiro atoms. The molecule has 1 aromatic heterocycles. The Labute approximate surface area is 161 Å². The molecular formula is C20H27N3O3S. The summed E-state index contributed by atoms with van der Waals surface area (Å²) in [4.78, 5) is 6.99. The van der Waals surface area contributed by atoms with Gasteiger partial charge in [-0.15, -0.1) is 0 Å². The van der Waals surface area contributed by atoms with E-state index in [0.29, 0.717) is 11.3 Å². The van der Waals surface area contributed by atoms with Crippen LogP contribution in [0.4, 0.5) is 5.82 Å². The quantitative estimate of drug-likeness (QED) is 0.822. The molecule has 7 heteroatoms. The summed E-state index contributed by atoms with van der Waals surface area (Å²) in [6.07, 6.45) is 5.36. The molecule has 1 aromatic carbocycles. The monoisotopic (exact) mass is 389 g/mol. The van der Waals surface area contributed by atoms with Gasteiger partial charge in [-0.25, -0.2) is 18.1 Å². The van der Waals surface area contributed by atoms with Crippen LogP contribution in [-0.4, -0.2) is 33.6 Å². The average molecular weight is 390 g/mol. The number of methoxy groups -OCH3 is 1. The first-order valence-corrected chi connectivity index (χ1v) is 10.7. The van der Waals surface area contributed by atoms with Gasteiger partial charge >= 0.3 is 0 Å². The Bertz CT molecular complexity index is 907. The predicted molar refractivity (Wildman–Crippen MR) is 107 cm³/mol. The lowest BCUT2D eigenvalue weighted by Gasteiger charge is -2.27. The maximum Gasteiger partial charge on any atom is 0.241 e. The predicted octanol–water partition coefficient (Wildman–Crippen LogP) is 3.18. The van der Waals surface area contributed by atoms with E-state index in [4.69, 9.17) is 4.74 Å².